The third-order valence-electron chi connectivity index (χ3n) is 5.79. The lowest BCUT2D eigenvalue weighted by atomic mass is 9.93. The van der Waals surface area contributed by atoms with Crippen molar-refractivity contribution in [2.24, 2.45) is 5.92 Å². The summed E-state index contributed by atoms with van der Waals surface area (Å²) in [6.45, 7) is 2.09. The number of piperidine rings is 1. The van der Waals surface area contributed by atoms with Gasteiger partial charge in [-0.1, -0.05) is 6.07 Å². The first-order valence-corrected chi connectivity index (χ1v) is 12.0. The van der Waals surface area contributed by atoms with Crippen molar-refractivity contribution < 1.29 is 17.9 Å². The van der Waals surface area contributed by atoms with Crippen molar-refractivity contribution in [3.05, 3.63) is 42.9 Å². The molecule has 32 heavy (non-hydrogen) atoms. The monoisotopic (exact) mass is 457 g/mol. The van der Waals surface area contributed by atoms with Gasteiger partial charge in [-0.25, -0.2) is 28.1 Å². The van der Waals surface area contributed by atoms with Crippen LogP contribution in [0.5, 0.6) is 11.5 Å². The average molecular weight is 458 g/mol. The molecule has 1 fully saturated rings. The number of nitrogens with one attached hydrogen (secondary N) is 1. The van der Waals surface area contributed by atoms with Crippen LogP contribution in [0.3, 0.4) is 0 Å². The summed E-state index contributed by atoms with van der Waals surface area (Å²) in [5, 5.41) is 0.976. The number of fused-ring (bicyclic) bond motifs is 1. The lowest BCUT2D eigenvalue weighted by Crippen LogP contribution is -2.36. The smallest absolute Gasteiger partial charge is 0.258 e. The van der Waals surface area contributed by atoms with E-state index in [1.165, 1.54) is 12.3 Å². The Hall–Kier alpha value is -2.98. The molecule has 4 rings (SSSR count). The van der Waals surface area contributed by atoms with Crippen molar-refractivity contribution in [1.82, 2.24) is 19.7 Å². The number of hydrogen-bond donors (Lipinski definition) is 1. The first-order valence-electron chi connectivity index (χ1n) is 10.5. The maximum Gasteiger partial charge on any atom is 0.258 e. The Kier molecular flexibility index (Phi) is 6.71. The zero-order valence-corrected chi connectivity index (χ0v) is 19.0. The van der Waals surface area contributed by atoms with Crippen LogP contribution in [0.25, 0.3) is 10.9 Å². The number of aromatic nitrogens is 3. The highest BCUT2D eigenvalue weighted by atomic mass is 32.2. The largest absolute Gasteiger partial charge is 0.493 e. The highest BCUT2D eigenvalue weighted by Gasteiger charge is 2.23. The number of sulfonamides is 1. The van der Waals surface area contributed by atoms with E-state index in [9.17, 15) is 8.42 Å². The van der Waals surface area contributed by atoms with Crippen LogP contribution < -0.4 is 19.1 Å². The van der Waals surface area contributed by atoms with Gasteiger partial charge in [0, 0.05) is 37.3 Å². The fraction of sp³-hybridized carbons (Fsp3) is 0.409. The molecule has 170 valence electrons. The topological polar surface area (TPSA) is 107 Å². The molecule has 0 aliphatic carbocycles. The van der Waals surface area contributed by atoms with E-state index in [4.69, 9.17) is 9.47 Å². The molecule has 0 radical (unpaired) electrons. The Bertz CT molecular complexity index is 1170. The van der Waals surface area contributed by atoms with Gasteiger partial charge < -0.3 is 14.4 Å². The Morgan fingerprint density at radius 1 is 1.06 bits per heavy atom. The molecule has 3 aromatic rings. The number of benzene rings is 1. The number of ether oxygens (including phenoxy) is 2. The zero-order valence-electron chi connectivity index (χ0n) is 18.2. The molecule has 1 aliphatic rings. The molecule has 1 aliphatic heterocycles. The van der Waals surface area contributed by atoms with Gasteiger partial charge in [-0.2, -0.15) is 0 Å². The summed E-state index contributed by atoms with van der Waals surface area (Å²) in [4.78, 5) is 15.1. The molecule has 0 bridgehead atoms. The minimum absolute atomic E-state index is 0.0533. The molecule has 9 nitrogen and oxygen atoms in total. The van der Waals surface area contributed by atoms with E-state index in [1.807, 2.05) is 12.1 Å². The second kappa shape index (κ2) is 9.66. The molecule has 0 saturated carbocycles. The van der Waals surface area contributed by atoms with Crippen molar-refractivity contribution in [1.29, 1.82) is 0 Å². The van der Waals surface area contributed by atoms with E-state index in [0.717, 1.165) is 49.1 Å². The number of anilines is 1. The minimum atomic E-state index is -3.56. The molecule has 0 amide bonds. The summed E-state index contributed by atoms with van der Waals surface area (Å²) >= 11 is 0. The van der Waals surface area contributed by atoms with Gasteiger partial charge in [0.1, 0.15) is 12.1 Å². The first-order chi connectivity index (χ1) is 15.5. The van der Waals surface area contributed by atoms with E-state index in [2.05, 4.69) is 24.6 Å². The maximum absolute atomic E-state index is 12.3. The van der Waals surface area contributed by atoms with Gasteiger partial charge in [0.2, 0.25) is 0 Å². The number of hydrogen-bond acceptors (Lipinski definition) is 8. The lowest BCUT2D eigenvalue weighted by molar-refractivity contribution is 0.355. The fourth-order valence-corrected chi connectivity index (χ4v) is 5.02. The van der Waals surface area contributed by atoms with Gasteiger partial charge >= 0.3 is 0 Å². The number of methoxy groups -OCH3 is 2. The standard InChI is InChI=1S/C22H27N5O4S/c1-30-19-13-17-18(14-20(19)31-2)24-15-25-22(17)27-11-7-16(8-12-27)6-10-26-32(28,29)21-5-3-4-9-23-21/h3-5,9,13-16,26H,6-8,10-12H2,1-2H3. The van der Waals surface area contributed by atoms with Crippen LogP contribution in [0, 0.1) is 5.92 Å². The van der Waals surface area contributed by atoms with Crippen LogP contribution in [0.1, 0.15) is 19.3 Å². The normalized spacial score (nSPS) is 15.1. The van der Waals surface area contributed by atoms with E-state index in [-0.39, 0.29) is 5.03 Å². The molecule has 10 heteroatoms. The van der Waals surface area contributed by atoms with Crippen LogP contribution in [0.2, 0.25) is 0 Å². The minimum Gasteiger partial charge on any atom is -0.493 e. The Balaban J connectivity index is 1.37. The van der Waals surface area contributed by atoms with Gasteiger partial charge in [0.25, 0.3) is 10.0 Å². The third kappa shape index (κ3) is 4.76. The van der Waals surface area contributed by atoms with Gasteiger partial charge in [-0.15, -0.1) is 0 Å². The maximum atomic E-state index is 12.3. The van der Waals surface area contributed by atoms with Crippen LogP contribution in [-0.4, -0.2) is 57.2 Å². The van der Waals surface area contributed by atoms with Gasteiger partial charge in [0.05, 0.1) is 19.7 Å². The molecule has 1 saturated heterocycles. The molecule has 0 spiro atoms. The summed E-state index contributed by atoms with van der Waals surface area (Å²) in [5.41, 5.74) is 0.804. The third-order valence-corrected chi connectivity index (χ3v) is 7.17. The predicted molar refractivity (Wildman–Crippen MR) is 122 cm³/mol. The average Bonchev–Trinajstić information content (AvgIpc) is 2.83. The second-order valence-electron chi connectivity index (χ2n) is 7.71. The summed E-state index contributed by atoms with van der Waals surface area (Å²) in [6, 6.07) is 8.64. The number of rotatable bonds is 8. The lowest BCUT2D eigenvalue weighted by Gasteiger charge is -2.33. The number of nitrogens with zero attached hydrogens (tertiary/aromatic N) is 4. The van der Waals surface area contributed by atoms with E-state index in [1.54, 1.807) is 32.7 Å². The van der Waals surface area contributed by atoms with Crippen LogP contribution in [-0.2, 0) is 10.0 Å². The number of pyridine rings is 1. The van der Waals surface area contributed by atoms with Crippen LogP contribution in [0.4, 0.5) is 5.82 Å². The summed E-state index contributed by atoms with van der Waals surface area (Å²) < 4.78 is 38.1. The highest BCUT2D eigenvalue weighted by Crippen LogP contribution is 2.35. The SMILES string of the molecule is COc1cc2ncnc(N3CCC(CCNS(=O)(=O)c4ccccn4)CC3)c2cc1OC. The van der Waals surface area contributed by atoms with E-state index < -0.39 is 10.0 Å². The van der Waals surface area contributed by atoms with Gasteiger partial charge in [-0.05, 0) is 43.4 Å². The summed E-state index contributed by atoms with van der Waals surface area (Å²) in [5.74, 6) is 2.60. The Morgan fingerprint density at radius 2 is 1.81 bits per heavy atom. The Morgan fingerprint density at radius 3 is 2.50 bits per heavy atom. The predicted octanol–water partition coefficient (Wildman–Crippen LogP) is 2.63. The molecule has 0 atom stereocenters. The molecular weight excluding hydrogens is 430 g/mol. The van der Waals surface area contributed by atoms with Crippen molar-refractivity contribution in [2.45, 2.75) is 24.3 Å². The van der Waals surface area contributed by atoms with Crippen molar-refractivity contribution in [3.63, 3.8) is 0 Å². The summed E-state index contributed by atoms with van der Waals surface area (Å²) in [7, 11) is -0.346. The van der Waals surface area contributed by atoms with Crippen LogP contribution >= 0.6 is 0 Å². The van der Waals surface area contributed by atoms with Gasteiger partial charge in [-0.3, -0.25) is 0 Å². The molecular formula is C22H27N5O4S. The molecule has 1 aromatic carbocycles. The van der Waals surface area contributed by atoms with Gasteiger partial charge in [0.15, 0.2) is 16.5 Å². The molecule has 3 heterocycles. The van der Waals surface area contributed by atoms with Crippen LogP contribution in [0.15, 0.2) is 47.9 Å². The molecule has 2 aromatic heterocycles. The zero-order chi connectivity index (χ0) is 22.6. The second-order valence-corrected chi connectivity index (χ2v) is 9.42. The highest BCUT2D eigenvalue weighted by molar-refractivity contribution is 7.89. The van der Waals surface area contributed by atoms with Crippen molar-refractivity contribution >= 4 is 26.7 Å². The molecule has 1 N–H and O–H groups in total. The Labute approximate surface area is 187 Å². The van der Waals surface area contributed by atoms with E-state index in [0.29, 0.717) is 24.0 Å². The van der Waals surface area contributed by atoms with Crippen molar-refractivity contribution in [3.8, 4) is 11.5 Å². The molecule has 0 unspecified atom stereocenters. The van der Waals surface area contributed by atoms with E-state index >= 15 is 0 Å². The quantitative estimate of drug-likeness (QED) is 0.550. The summed E-state index contributed by atoms with van der Waals surface area (Å²) in [6.07, 6.45) is 5.76. The van der Waals surface area contributed by atoms with Crippen molar-refractivity contribution in [2.75, 3.05) is 38.8 Å². The first kappa shape index (κ1) is 22.2. The fourth-order valence-electron chi connectivity index (χ4n) is 4.03.